The number of aromatic amines is 1. The fourth-order valence-electron chi connectivity index (χ4n) is 3.59. The summed E-state index contributed by atoms with van der Waals surface area (Å²) in [5.41, 5.74) is 4.59. The molecule has 1 amide bonds. The second-order valence-corrected chi connectivity index (χ2v) is 6.74. The van der Waals surface area contributed by atoms with E-state index in [1.54, 1.807) is 6.07 Å². The molecule has 0 aliphatic rings. The van der Waals surface area contributed by atoms with Crippen LogP contribution in [0.4, 0.5) is 4.39 Å². The number of benzene rings is 2. The number of halogens is 1. The van der Waals surface area contributed by atoms with Gasteiger partial charge in [0.2, 0.25) is 5.91 Å². The molecule has 4 rings (SSSR count). The van der Waals surface area contributed by atoms with Crippen molar-refractivity contribution in [1.29, 1.82) is 0 Å². The van der Waals surface area contributed by atoms with Crippen molar-refractivity contribution in [3.05, 3.63) is 65.4 Å². The van der Waals surface area contributed by atoms with Crippen molar-refractivity contribution < 1.29 is 9.18 Å². The van der Waals surface area contributed by atoms with Gasteiger partial charge >= 0.3 is 0 Å². The summed E-state index contributed by atoms with van der Waals surface area (Å²) < 4.78 is 15.7. The van der Waals surface area contributed by atoms with Gasteiger partial charge in [0.1, 0.15) is 11.6 Å². The Kier molecular flexibility index (Phi) is 4.39. The highest BCUT2D eigenvalue weighted by atomic mass is 19.1. The number of hydrogen-bond donors (Lipinski definition) is 2. The molecule has 27 heavy (non-hydrogen) atoms. The van der Waals surface area contributed by atoms with E-state index in [-0.39, 0.29) is 18.1 Å². The Balaban J connectivity index is 1.44. The number of H-pyrrole nitrogens is 1. The van der Waals surface area contributed by atoms with Gasteiger partial charge in [-0.3, -0.25) is 4.79 Å². The maximum atomic E-state index is 13.6. The second kappa shape index (κ2) is 6.87. The Morgan fingerprint density at radius 2 is 2.04 bits per heavy atom. The van der Waals surface area contributed by atoms with Crippen LogP contribution in [0.15, 0.2) is 42.5 Å². The summed E-state index contributed by atoms with van der Waals surface area (Å²) in [7, 11) is 0. The SMILES string of the molecule is Cc1[nH]c2ccc(F)cc2c1CC(=O)NCCn1c(C)nc2ccccc21. The van der Waals surface area contributed by atoms with E-state index in [1.807, 2.05) is 38.1 Å². The molecule has 0 atom stereocenters. The van der Waals surface area contributed by atoms with Crippen molar-refractivity contribution in [2.24, 2.45) is 0 Å². The summed E-state index contributed by atoms with van der Waals surface area (Å²) in [4.78, 5) is 20.2. The topological polar surface area (TPSA) is 62.7 Å². The van der Waals surface area contributed by atoms with Crippen LogP contribution in [0, 0.1) is 19.7 Å². The van der Waals surface area contributed by atoms with Crippen LogP contribution in [0.25, 0.3) is 21.9 Å². The molecule has 6 heteroatoms. The third-order valence-corrected chi connectivity index (χ3v) is 4.92. The van der Waals surface area contributed by atoms with E-state index in [4.69, 9.17) is 0 Å². The number of rotatable bonds is 5. The lowest BCUT2D eigenvalue weighted by molar-refractivity contribution is -0.120. The molecular formula is C21H21FN4O. The smallest absolute Gasteiger partial charge is 0.224 e. The number of nitrogens with zero attached hydrogens (tertiary/aromatic N) is 2. The number of imidazole rings is 1. The van der Waals surface area contributed by atoms with Crippen LogP contribution in [0.1, 0.15) is 17.1 Å². The van der Waals surface area contributed by atoms with Crippen molar-refractivity contribution in [3.63, 3.8) is 0 Å². The van der Waals surface area contributed by atoms with Crippen LogP contribution in [0.3, 0.4) is 0 Å². The van der Waals surface area contributed by atoms with Crippen LogP contribution in [-0.4, -0.2) is 27.0 Å². The van der Waals surface area contributed by atoms with Crippen LogP contribution < -0.4 is 5.32 Å². The molecule has 0 aliphatic carbocycles. The van der Waals surface area contributed by atoms with Gasteiger partial charge in [0.25, 0.3) is 0 Å². The predicted molar refractivity (Wildman–Crippen MR) is 104 cm³/mol. The minimum atomic E-state index is -0.300. The normalized spacial score (nSPS) is 11.4. The largest absolute Gasteiger partial charge is 0.358 e. The summed E-state index contributed by atoms with van der Waals surface area (Å²) in [6, 6.07) is 12.6. The molecule has 2 aromatic carbocycles. The zero-order chi connectivity index (χ0) is 19.0. The van der Waals surface area contributed by atoms with E-state index in [1.165, 1.54) is 12.1 Å². The van der Waals surface area contributed by atoms with Crippen molar-refractivity contribution in [3.8, 4) is 0 Å². The predicted octanol–water partition coefficient (Wildman–Crippen LogP) is 3.63. The first-order valence-corrected chi connectivity index (χ1v) is 8.98. The molecule has 138 valence electrons. The number of aryl methyl sites for hydroxylation is 2. The van der Waals surface area contributed by atoms with E-state index in [0.717, 1.165) is 39.0 Å². The fourth-order valence-corrected chi connectivity index (χ4v) is 3.59. The number of aromatic nitrogens is 3. The number of fused-ring (bicyclic) bond motifs is 2. The summed E-state index contributed by atoms with van der Waals surface area (Å²) >= 11 is 0. The lowest BCUT2D eigenvalue weighted by atomic mass is 10.1. The van der Waals surface area contributed by atoms with Gasteiger partial charge in [-0.05, 0) is 49.7 Å². The van der Waals surface area contributed by atoms with E-state index in [2.05, 4.69) is 19.9 Å². The van der Waals surface area contributed by atoms with Crippen LogP contribution >= 0.6 is 0 Å². The molecule has 0 unspecified atom stereocenters. The third kappa shape index (κ3) is 3.30. The number of carbonyl (C=O) groups is 1. The Morgan fingerprint density at radius 1 is 1.22 bits per heavy atom. The van der Waals surface area contributed by atoms with Gasteiger partial charge in [0.05, 0.1) is 17.5 Å². The number of para-hydroxylation sites is 2. The van der Waals surface area contributed by atoms with Crippen molar-refractivity contribution >= 4 is 27.8 Å². The number of nitrogens with one attached hydrogen (secondary N) is 2. The average Bonchev–Trinajstić information content (AvgIpc) is 3.12. The van der Waals surface area contributed by atoms with Gasteiger partial charge in [-0.2, -0.15) is 0 Å². The van der Waals surface area contributed by atoms with E-state index in [0.29, 0.717) is 13.1 Å². The molecule has 0 fully saturated rings. The Bertz CT molecular complexity index is 1140. The first-order chi connectivity index (χ1) is 13.0. The third-order valence-electron chi connectivity index (χ3n) is 4.92. The van der Waals surface area contributed by atoms with E-state index >= 15 is 0 Å². The van der Waals surface area contributed by atoms with E-state index < -0.39 is 0 Å². The lowest BCUT2D eigenvalue weighted by Gasteiger charge is -2.09. The molecule has 0 saturated carbocycles. The zero-order valence-corrected chi connectivity index (χ0v) is 15.3. The molecule has 0 bridgehead atoms. The monoisotopic (exact) mass is 364 g/mol. The first kappa shape index (κ1) is 17.3. The van der Waals surface area contributed by atoms with Gasteiger partial charge in [-0.15, -0.1) is 0 Å². The van der Waals surface area contributed by atoms with Crippen molar-refractivity contribution in [2.75, 3.05) is 6.54 Å². The molecule has 5 nitrogen and oxygen atoms in total. The Hall–Kier alpha value is -3.15. The number of amides is 1. The van der Waals surface area contributed by atoms with Gasteiger partial charge < -0.3 is 14.9 Å². The maximum Gasteiger partial charge on any atom is 0.224 e. The standard InChI is InChI=1S/C21H21FN4O/c1-13-16(17-11-15(22)7-8-18(17)24-13)12-21(27)23-9-10-26-14(2)25-19-5-3-4-6-20(19)26/h3-8,11,24H,9-10,12H2,1-2H3,(H,23,27). The van der Waals surface area contributed by atoms with Gasteiger partial charge in [0.15, 0.2) is 0 Å². The summed E-state index contributed by atoms with van der Waals surface area (Å²) in [6.45, 7) is 5.03. The first-order valence-electron chi connectivity index (χ1n) is 8.98. The second-order valence-electron chi connectivity index (χ2n) is 6.74. The van der Waals surface area contributed by atoms with Gasteiger partial charge in [0, 0.05) is 29.7 Å². The molecule has 0 spiro atoms. The molecule has 4 aromatic rings. The molecule has 2 aromatic heterocycles. The quantitative estimate of drug-likeness (QED) is 0.568. The lowest BCUT2D eigenvalue weighted by Crippen LogP contribution is -2.29. The molecule has 0 aliphatic heterocycles. The molecule has 0 radical (unpaired) electrons. The van der Waals surface area contributed by atoms with Crippen molar-refractivity contribution in [1.82, 2.24) is 19.9 Å². The summed E-state index contributed by atoms with van der Waals surface area (Å²) in [5.74, 6) is 0.546. The fraction of sp³-hybridized carbons (Fsp3) is 0.238. The highest BCUT2D eigenvalue weighted by Crippen LogP contribution is 2.23. The van der Waals surface area contributed by atoms with Gasteiger partial charge in [-0.25, -0.2) is 9.37 Å². The van der Waals surface area contributed by atoms with Crippen molar-refractivity contribution in [2.45, 2.75) is 26.8 Å². The number of hydrogen-bond acceptors (Lipinski definition) is 2. The maximum absolute atomic E-state index is 13.6. The minimum absolute atomic E-state index is 0.0784. The van der Waals surface area contributed by atoms with Crippen LogP contribution in [0.5, 0.6) is 0 Å². The van der Waals surface area contributed by atoms with Crippen LogP contribution in [-0.2, 0) is 17.8 Å². The Morgan fingerprint density at radius 3 is 2.89 bits per heavy atom. The van der Waals surface area contributed by atoms with Gasteiger partial charge in [-0.1, -0.05) is 12.1 Å². The minimum Gasteiger partial charge on any atom is -0.358 e. The molecule has 2 N–H and O–H groups in total. The Labute approximate surface area is 156 Å². The molecular weight excluding hydrogens is 343 g/mol. The summed E-state index contributed by atoms with van der Waals surface area (Å²) in [6.07, 6.45) is 0.221. The van der Waals surface area contributed by atoms with E-state index in [9.17, 15) is 9.18 Å². The van der Waals surface area contributed by atoms with Crippen LogP contribution in [0.2, 0.25) is 0 Å². The molecule has 2 heterocycles. The number of carbonyl (C=O) groups excluding carboxylic acids is 1. The average molecular weight is 364 g/mol. The zero-order valence-electron chi connectivity index (χ0n) is 15.3. The highest BCUT2D eigenvalue weighted by Gasteiger charge is 2.13. The molecule has 0 saturated heterocycles. The highest BCUT2D eigenvalue weighted by molar-refractivity contribution is 5.90. The summed E-state index contributed by atoms with van der Waals surface area (Å²) in [5, 5.41) is 3.73.